The van der Waals surface area contributed by atoms with Crippen molar-refractivity contribution in [1.29, 1.82) is 15.8 Å². The van der Waals surface area contributed by atoms with Gasteiger partial charge in [0.1, 0.15) is 36.6 Å². The molecule has 12 rings (SSSR count). The average molecular weight is 1780 g/mol. The van der Waals surface area contributed by atoms with E-state index in [0.29, 0.717) is 103 Å². The van der Waals surface area contributed by atoms with E-state index in [0.717, 1.165) is 88.6 Å². The number of ether oxygens (including phenoxy) is 6. The maximum Gasteiger partial charge on any atom is 0.411 e. The second-order valence-electron chi connectivity index (χ2n) is 33.3. The summed E-state index contributed by atoms with van der Waals surface area (Å²) in [5, 5.41) is 38.3. The third-order valence-electron chi connectivity index (χ3n) is 20.8. The number of benzene rings is 9. The molecular formula is C96H99Cl6N9O12. The van der Waals surface area contributed by atoms with Gasteiger partial charge in [-0.2, -0.15) is 15.8 Å². The molecule has 27 heteroatoms. The summed E-state index contributed by atoms with van der Waals surface area (Å²) in [5.41, 5.74) is 10.4. The fraction of sp³-hybridized carbons (Fsp3) is 0.344. The molecule has 3 atom stereocenters. The lowest BCUT2D eigenvalue weighted by Crippen LogP contribution is -2.43. The number of hydrogen-bond acceptors (Lipinski definition) is 15. The zero-order valence-electron chi connectivity index (χ0n) is 70.0. The Hall–Kier alpha value is -11.2. The molecule has 0 spiro atoms. The minimum atomic E-state index is -0.607. The molecule has 3 unspecified atom stereocenters. The molecule has 9 aromatic carbocycles. The number of amides is 6. The van der Waals surface area contributed by atoms with E-state index in [-0.39, 0.29) is 73.6 Å². The standard InChI is InChI=1S/3C32H33Cl2N3O4/c3*1-32(2,3)41-31(39)37-13-11-24(12-14-37)29(20-40-30(38)36-28-17-26(33)16-27(34)18-28)23-9-7-22(8-10-23)25-6-4-5-21(15-25)19-35/h3*4-10,15-18,24,29H,11-14,20H2,1-3H3,(H,36,38). The van der Waals surface area contributed by atoms with Gasteiger partial charge in [0.25, 0.3) is 0 Å². The van der Waals surface area contributed by atoms with Gasteiger partial charge in [-0.1, -0.05) is 179 Å². The van der Waals surface area contributed by atoms with Gasteiger partial charge in [-0.05, 0) is 260 Å². The predicted octanol–water partition coefficient (Wildman–Crippen LogP) is 25.5. The summed E-state index contributed by atoms with van der Waals surface area (Å²) in [7, 11) is 0. The molecule has 0 aromatic heterocycles. The van der Waals surface area contributed by atoms with Gasteiger partial charge in [0, 0.05) is 104 Å². The van der Waals surface area contributed by atoms with Crippen molar-refractivity contribution in [3.8, 4) is 51.6 Å². The number of carbonyl (C=O) groups is 6. The van der Waals surface area contributed by atoms with Crippen molar-refractivity contribution in [2.45, 2.75) is 135 Å². The van der Waals surface area contributed by atoms with Crippen LogP contribution in [0.2, 0.25) is 30.1 Å². The lowest BCUT2D eigenvalue weighted by molar-refractivity contribution is 0.0152. The van der Waals surface area contributed by atoms with Gasteiger partial charge in [-0.3, -0.25) is 16.0 Å². The first kappa shape index (κ1) is 94.1. The highest BCUT2D eigenvalue weighted by atomic mass is 35.5. The number of anilines is 3. The quantitative estimate of drug-likeness (QED) is 0.0674. The largest absolute Gasteiger partial charge is 0.449 e. The topological polar surface area (TPSA) is 275 Å². The second-order valence-corrected chi connectivity index (χ2v) is 35.9. The smallest absolute Gasteiger partial charge is 0.411 e. The number of hydrogen-bond donors (Lipinski definition) is 3. The highest BCUT2D eigenvalue weighted by Crippen LogP contribution is 2.40. The summed E-state index contributed by atoms with van der Waals surface area (Å²) in [4.78, 5) is 81.2. The Bertz CT molecular complexity index is 4720. The summed E-state index contributed by atoms with van der Waals surface area (Å²) >= 11 is 36.3. The molecule has 9 aromatic rings. The van der Waals surface area contributed by atoms with Gasteiger partial charge >= 0.3 is 36.6 Å². The summed E-state index contributed by atoms with van der Waals surface area (Å²) in [5.74, 6) is 0.247. The number of nitrogens with one attached hydrogen (secondary N) is 3. The number of likely N-dealkylation sites (tertiary alicyclic amines) is 3. The van der Waals surface area contributed by atoms with Gasteiger partial charge in [-0.15, -0.1) is 0 Å². The molecule has 21 nitrogen and oxygen atoms in total. The van der Waals surface area contributed by atoms with E-state index in [1.54, 1.807) is 87.5 Å². The monoisotopic (exact) mass is 1780 g/mol. The second kappa shape index (κ2) is 43.7. The third kappa shape index (κ3) is 29.5. The van der Waals surface area contributed by atoms with Crippen LogP contribution in [-0.2, 0) is 28.4 Å². The normalized spacial score (nSPS) is 14.6. The maximum absolute atomic E-state index is 12.7. The van der Waals surface area contributed by atoms with Crippen LogP contribution >= 0.6 is 69.6 Å². The molecule has 0 bridgehead atoms. The van der Waals surface area contributed by atoms with Crippen molar-refractivity contribution in [3.63, 3.8) is 0 Å². The predicted molar refractivity (Wildman–Crippen MR) is 484 cm³/mol. The molecule has 0 saturated carbocycles. The number of nitrogens with zero attached hydrogens (tertiary/aromatic N) is 6. The van der Waals surface area contributed by atoms with Crippen LogP contribution in [0.25, 0.3) is 33.4 Å². The molecule has 0 radical (unpaired) electrons. The minimum Gasteiger partial charge on any atom is -0.449 e. The number of rotatable bonds is 18. The van der Waals surface area contributed by atoms with E-state index in [4.69, 9.17) is 98.0 Å². The Labute approximate surface area is 749 Å². The van der Waals surface area contributed by atoms with Gasteiger partial charge in [0.05, 0.1) is 34.9 Å². The molecule has 0 aliphatic carbocycles. The van der Waals surface area contributed by atoms with Crippen molar-refractivity contribution < 1.29 is 57.2 Å². The van der Waals surface area contributed by atoms with Crippen molar-refractivity contribution in [2.24, 2.45) is 17.8 Å². The van der Waals surface area contributed by atoms with E-state index in [1.165, 1.54) is 0 Å². The Balaban J connectivity index is 0.000000193. The highest BCUT2D eigenvalue weighted by molar-refractivity contribution is 6.36. The van der Waals surface area contributed by atoms with Crippen LogP contribution in [0.15, 0.2) is 200 Å². The Kier molecular flexibility index (Phi) is 33.4. The van der Waals surface area contributed by atoms with E-state index >= 15 is 0 Å². The summed E-state index contributed by atoms with van der Waals surface area (Å²) in [6, 6.07) is 67.6. The number of halogens is 6. The molecule has 3 saturated heterocycles. The fourth-order valence-electron chi connectivity index (χ4n) is 14.9. The zero-order valence-corrected chi connectivity index (χ0v) is 74.5. The van der Waals surface area contributed by atoms with Crippen molar-refractivity contribution in [3.05, 3.63) is 264 Å². The van der Waals surface area contributed by atoms with E-state index in [1.807, 2.05) is 190 Å². The molecule has 3 N–H and O–H groups in total. The molecule has 3 aliphatic rings. The molecule has 123 heavy (non-hydrogen) atoms. The highest BCUT2D eigenvalue weighted by Gasteiger charge is 2.37. The minimum absolute atomic E-state index is 0.0935. The van der Waals surface area contributed by atoms with Crippen LogP contribution in [0.5, 0.6) is 0 Å². The lowest BCUT2D eigenvalue weighted by Gasteiger charge is -2.36. The average Bonchev–Trinajstić information content (AvgIpc) is 0.820. The lowest BCUT2D eigenvalue weighted by atomic mass is 9.80. The molecule has 3 fully saturated rings. The SMILES string of the molecule is CC(C)(C)OC(=O)N1CCC(C(COC(=O)Nc2cc(Cl)cc(Cl)c2)c2ccc(-c3cccc(C#N)c3)cc2)CC1.CC(C)(C)OC(=O)N1CCC(C(COC(=O)Nc2cc(Cl)cc(Cl)c2)c2ccc(-c3cccc(C#N)c3)cc2)CC1.CC(C)(C)OC(=O)N1CCC(C(COC(=O)Nc2cc(Cl)cc(Cl)c2)c2ccc(-c3cccc(C#N)c3)cc2)CC1. The molecule has 642 valence electrons. The van der Waals surface area contributed by atoms with Gasteiger partial charge < -0.3 is 43.1 Å². The first-order valence-corrected chi connectivity index (χ1v) is 42.7. The van der Waals surface area contributed by atoms with Gasteiger partial charge in [-0.25, -0.2) is 28.8 Å². The Morgan fingerprint density at radius 2 is 0.553 bits per heavy atom. The van der Waals surface area contributed by atoms with Crippen LogP contribution in [0.3, 0.4) is 0 Å². The number of carbonyl (C=O) groups excluding carboxylic acids is 6. The molecular weight excluding hydrogens is 1680 g/mol. The summed E-state index contributed by atoms with van der Waals surface area (Å²) < 4.78 is 33.8. The van der Waals surface area contributed by atoms with Crippen molar-refractivity contribution >= 4 is 123 Å². The van der Waals surface area contributed by atoms with E-state index < -0.39 is 35.1 Å². The number of nitriles is 3. The van der Waals surface area contributed by atoms with Crippen LogP contribution in [0, 0.1) is 51.7 Å². The summed E-state index contributed by atoms with van der Waals surface area (Å²) in [6.45, 7) is 20.5. The van der Waals surface area contributed by atoms with Crippen LogP contribution in [-0.4, -0.2) is 127 Å². The zero-order chi connectivity index (χ0) is 88.7. The first-order chi connectivity index (χ1) is 58.5. The maximum atomic E-state index is 12.7. The van der Waals surface area contributed by atoms with E-state index in [9.17, 15) is 44.6 Å². The Morgan fingerprint density at radius 3 is 0.756 bits per heavy atom. The Morgan fingerprint density at radius 1 is 0.333 bits per heavy atom. The van der Waals surface area contributed by atoms with Crippen molar-refractivity contribution in [1.82, 2.24) is 14.7 Å². The fourth-order valence-corrected chi connectivity index (χ4v) is 16.4. The summed E-state index contributed by atoms with van der Waals surface area (Å²) in [6.07, 6.45) is 1.69. The van der Waals surface area contributed by atoms with Crippen LogP contribution in [0.1, 0.15) is 152 Å². The van der Waals surface area contributed by atoms with Crippen LogP contribution in [0.4, 0.5) is 45.8 Å². The first-order valence-electron chi connectivity index (χ1n) is 40.5. The number of piperidine rings is 3. The van der Waals surface area contributed by atoms with Crippen molar-refractivity contribution in [2.75, 3.05) is 75.0 Å². The third-order valence-corrected chi connectivity index (χ3v) is 22.1. The molecule has 3 aliphatic heterocycles. The molecule has 3 heterocycles. The van der Waals surface area contributed by atoms with E-state index in [2.05, 4.69) is 34.2 Å². The molecule has 6 amide bonds. The van der Waals surface area contributed by atoms with Crippen LogP contribution < -0.4 is 16.0 Å². The van der Waals surface area contributed by atoms with Gasteiger partial charge in [0.15, 0.2) is 0 Å². The van der Waals surface area contributed by atoms with Gasteiger partial charge in [0.2, 0.25) is 0 Å².